The number of nitrogens with zero attached hydrogens (tertiary/aromatic N) is 1. The van der Waals surface area contributed by atoms with Crippen LogP contribution in [-0.2, 0) is 9.63 Å². The number of rotatable bonds is 6. The van der Waals surface area contributed by atoms with Crippen LogP contribution in [-0.4, -0.2) is 24.5 Å². The lowest BCUT2D eigenvalue weighted by Crippen LogP contribution is -2.30. The second-order valence-corrected chi connectivity index (χ2v) is 4.49. The van der Waals surface area contributed by atoms with E-state index in [9.17, 15) is 4.79 Å². The van der Waals surface area contributed by atoms with Crippen LogP contribution in [0.3, 0.4) is 0 Å². The molecule has 0 fully saturated rings. The summed E-state index contributed by atoms with van der Waals surface area (Å²) >= 11 is 5.95. The Morgan fingerprint density at radius 3 is 2.94 bits per heavy atom. The summed E-state index contributed by atoms with van der Waals surface area (Å²) in [5.74, 6) is 4.50. The molecule has 1 atom stereocenters. The van der Waals surface area contributed by atoms with Crippen molar-refractivity contribution in [1.29, 1.82) is 0 Å². The number of hydrazine groups is 1. The maximum atomic E-state index is 11.1. The maximum Gasteiger partial charge on any atom is 0.327 e. The van der Waals surface area contributed by atoms with Gasteiger partial charge in [-0.2, -0.15) is 0 Å². The molecule has 1 unspecified atom stereocenters. The van der Waals surface area contributed by atoms with Crippen molar-refractivity contribution >= 4 is 17.6 Å². The van der Waals surface area contributed by atoms with Gasteiger partial charge in [-0.25, -0.2) is 5.84 Å². The lowest BCUT2D eigenvalue weighted by atomic mass is 10.1. The van der Waals surface area contributed by atoms with Gasteiger partial charge in [0.2, 0.25) is 0 Å². The molecule has 3 N–H and O–H groups in total. The zero-order valence-corrected chi connectivity index (χ0v) is 11.3. The minimum Gasteiger partial charge on any atom is -0.356 e. The molecule has 0 radical (unpaired) electrons. The number of benzene rings is 1. The zero-order chi connectivity index (χ0) is 13.5. The Kier molecular flexibility index (Phi) is 6.07. The molecule has 100 valence electrons. The van der Waals surface area contributed by atoms with Crippen molar-refractivity contribution in [2.45, 2.75) is 19.4 Å². The van der Waals surface area contributed by atoms with Crippen LogP contribution < -0.4 is 11.4 Å². The van der Waals surface area contributed by atoms with Gasteiger partial charge in [0.05, 0.1) is 6.42 Å². The van der Waals surface area contributed by atoms with Gasteiger partial charge in [-0.15, -0.1) is 0 Å². The smallest absolute Gasteiger partial charge is 0.327 e. The van der Waals surface area contributed by atoms with Gasteiger partial charge >= 0.3 is 5.97 Å². The van der Waals surface area contributed by atoms with Crippen LogP contribution in [0.5, 0.6) is 0 Å². The fourth-order valence-electron chi connectivity index (χ4n) is 1.60. The van der Waals surface area contributed by atoms with Crippen LogP contribution in [0, 0.1) is 0 Å². The SMILES string of the molecule is CC(c1cccc(Cl)c1)N(C)CCC(=O)ONN. The quantitative estimate of drug-likeness (QED) is 0.608. The van der Waals surface area contributed by atoms with Crippen LogP contribution in [0.25, 0.3) is 0 Å². The fourth-order valence-corrected chi connectivity index (χ4v) is 1.80. The minimum absolute atomic E-state index is 0.169. The maximum absolute atomic E-state index is 11.1. The summed E-state index contributed by atoms with van der Waals surface area (Å²) in [5, 5.41) is 0.708. The lowest BCUT2D eigenvalue weighted by Gasteiger charge is -2.24. The first-order valence-electron chi connectivity index (χ1n) is 5.65. The molecule has 0 aliphatic carbocycles. The molecule has 6 heteroatoms. The Labute approximate surface area is 112 Å². The first kappa shape index (κ1) is 14.9. The van der Waals surface area contributed by atoms with E-state index in [2.05, 4.69) is 11.8 Å². The highest BCUT2D eigenvalue weighted by Gasteiger charge is 2.13. The zero-order valence-electron chi connectivity index (χ0n) is 10.5. The Bertz CT molecular complexity index is 401. The molecule has 0 aliphatic rings. The highest BCUT2D eigenvalue weighted by molar-refractivity contribution is 6.30. The van der Waals surface area contributed by atoms with Crippen LogP contribution in [0.1, 0.15) is 24.9 Å². The van der Waals surface area contributed by atoms with Crippen LogP contribution >= 0.6 is 11.6 Å². The van der Waals surface area contributed by atoms with E-state index in [1.165, 1.54) is 0 Å². The van der Waals surface area contributed by atoms with Gasteiger partial charge in [0.1, 0.15) is 0 Å². The number of hydrogen-bond acceptors (Lipinski definition) is 5. The molecule has 1 aromatic rings. The normalized spacial score (nSPS) is 12.5. The predicted molar refractivity (Wildman–Crippen MR) is 70.5 cm³/mol. The summed E-state index contributed by atoms with van der Waals surface area (Å²) in [5.41, 5.74) is 2.98. The van der Waals surface area contributed by atoms with Gasteiger partial charge in [0, 0.05) is 17.6 Å². The second-order valence-electron chi connectivity index (χ2n) is 4.05. The van der Waals surface area contributed by atoms with Gasteiger partial charge in [-0.05, 0) is 31.7 Å². The summed E-state index contributed by atoms with van der Waals surface area (Å²) in [6.45, 7) is 2.63. The lowest BCUT2D eigenvalue weighted by molar-refractivity contribution is -0.151. The molecule has 0 amide bonds. The Morgan fingerprint density at radius 1 is 1.61 bits per heavy atom. The van der Waals surface area contributed by atoms with Crippen molar-refractivity contribution in [2.24, 2.45) is 5.84 Å². The number of carbonyl (C=O) groups is 1. The standard InChI is InChI=1S/C12H18ClN3O2/c1-9(10-4-3-5-11(13)8-10)16(2)7-6-12(17)18-15-14/h3-5,8-9,15H,6-7,14H2,1-2H3. The van der Waals surface area contributed by atoms with Gasteiger partial charge in [-0.1, -0.05) is 29.3 Å². The van der Waals surface area contributed by atoms with Gasteiger partial charge in [0.15, 0.2) is 0 Å². The third-order valence-electron chi connectivity index (χ3n) is 2.83. The molecular formula is C12H18ClN3O2. The van der Waals surface area contributed by atoms with E-state index in [4.69, 9.17) is 17.4 Å². The third kappa shape index (κ3) is 4.62. The van der Waals surface area contributed by atoms with Crippen molar-refractivity contribution in [1.82, 2.24) is 10.5 Å². The van der Waals surface area contributed by atoms with Crippen LogP contribution in [0.2, 0.25) is 5.02 Å². The molecule has 0 aliphatic heterocycles. The average molecular weight is 272 g/mol. The number of hydrogen-bond donors (Lipinski definition) is 2. The molecule has 18 heavy (non-hydrogen) atoms. The predicted octanol–water partition coefficient (Wildman–Crippen LogP) is 1.64. The van der Waals surface area contributed by atoms with E-state index < -0.39 is 0 Å². The number of halogens is 1. The first-order valence-corrected chi connectivity index (χ1v) is 6.03. The highest BCUT2D eigenvalue weighted by Crippen LogP contribution is 2.21. The van der Waals surface area contributed by atoms with E-state index >= 15 is 0 Å². The van der Waals surface area contributed by atoms with Crippen molar-refractivity contribution in [3.63, 3.8) is 0 Å². The Morgan fingerprint density at radius 2 is 2.33 bits per heavy atom. The Hall–Kier alpha value is -1.14. The summed E-state index contributed by atoms with van der Waals surface area (Å²) < 4.78 is 0. The summed E-state index contributed by atoms with van der Waals surface area (Å²) in [6.07, 6.45) is 0.269. The molecule has 0 heterocycles. The highest BCUT2D eigenvalue weighted by atomic mass is 35.5. The van der Waals surface area contributed by atoms with E-state index in [0.717, 1.165) is 5.56 Å². The summed E-state index contributed by atoms with van der Waals surface area (Å²) in [6, 6.07) is 7.84. The summed E-state index contributed by atoms with van der Waals surface area (Å²) in [4.78, 5) is 17.6. The van der Waals surface area contributed by atoms with Gasteiger partial charge in [0.25, 0.3) is 0 Å². The first-order chi connectivity index (χ1) is 8.54. The summed E-state index contributed by atoms with van der Waals surface area (Å²) in [7, 11) is 1.94. The number of carbonyl (C=O) groups excluding carboxylic acids is 1. The molecule has 0 saturated heterocycles. The topological polar surface area (TPSA) is 67.6 Å². The number of nitrogens with one attached hydrogen (secondary N) is 1. The molecule has 0 aromatic heterocycles. The average Bonchev–Trinajstić information content (AvgIpc) is 2.35. The van der Waals surface area contributed by atoms with E-state index in [1.807, 2.05) is 41.8 Å². The van der Waals surface area contributed by atoms with E-state index in [-0.39, 0.29) is 18.4 Å². The van der Waals surface area contributed by atoms with Gasteiger partial charge in [-0.3, -0.25) is 9.69 Å². The second kappa shape index (κ2) is 7.33. The molecule has 1 rings (SSSR count). The molecule has 1 aromatic carbocycles. The number of nitrogens with two attached hydrogens (primary N) is 1. The van der Waals surface area contributed by atoms with Crippen molar-refractivity contribution in [3.05, 3.63) is 34.9 Å². The molecule has 0 saturated carbocycles. The largest absolute Gasteiger partial charge is 0.356 e. The van der Waals surface area contributed by atoms with Crippen molar-refractivity contribution < 1.29 is 9.63 Å². The fraction of sp³-hybridized carbons (Fsp3) is 0.417. The minimum atomic E-state index is -0.386. The third-order valence-corrected chi connectivity index (χ3v) is 3.07. The monoisotopic (exact) mass is 271 g/mol. The van der Waals surface area contributed by atoms with E-state index in [0.29, 0.717) is 11.6 Å². The molecule has 5 nitrogen and oxygen atoms in total. The van der Waals surface area contributed by atoms with Crippen LogP contribution in [0.4, 0.5) is 0 Å². The van der Waals surface area contributed by atoms with Gasteiger partial charge < -0.3 is 4.84 Å². The van der Waals surface area contributed by atoms with Crippen molar-refractivity contribution in [3.8, 4) is 0 Å². The Balaban J connectivity index is 2.51. The molecular weight excluding hydrogens is 254 g/mol. The molecule has 0 spiro atoms. The van der Waals surface area contributed by atoms with Crippen molar-refractivity contribution in [2.75, 3.05) is 13.6 Å². The van der Waals surface area contributed by atoms with Crippen LogP contribution in [0.15, 0.2) is 24.3 Å². The van der Waals surface area contributed by atoms with E-state index in [1.54, 1.807) is 0 Å². The molecule has 0 bridgehead atoms.